The van der Waals surface area contributed by atoms with Crippen molar-refractivity contribution in [3.8, 4) is 34.5 Å². The van der Waals surface area contributed by atoms with E-state index in [-0.39, 0.29) is 11.8 Å². The molecule has 2 aromatic carbocycles. The largest absolute Gasteiger partial charge is 0.493 e. The van der Waals surface area contributed by atoms with Gasteiger partial charge in [-0.3, -0.25) is 9.59 Å². The monoisotopic (exact) mass is 832 g/mol. The summed E-state index contributed by atoms with van der Waals surface area (Å²) in [6, 6.07) is 15.8. The summed E-state index contributed by atoms with van der Waals surface area (Å²) >= 11 is 0. The number of pyridine rings is 2. The second-order valence-corrected chi connectivity index (χ2v) is 15.6. The number of hydrogen-bond donors (Lipinski definition) is 2. The van der Waals surface area contributed by atoms with Crippen molar-refractivity contribution in [1.82, 2.24) is 10.6 Å². The zero-order valence-corrected chi connectivity index (χ0v) is 35.9. The predicted octanol–water partition coefficient (Wildman–Crippen LogP) is 6.53. The Morgan fingerprint density at radius 1 is 0.517 bits per heavy atom. The molecule has 4 aromatic rings. The van der Waals surface area contributed by atoms with E-state index in [4.69, 9.17) is 28.4 Å². The molecule has 2 amide bonds. The smallest absolute Gasteiger partial charge is 0.220 e. The number of ether oxygens (including phenoxy) is 6. The van der Waals surface area contributed by atoms with Crippen LogP contribution in [0.2, 0.25) is 0 Å². The number of nitrogens with one attached hydrogen (secondary N) is 2. The lowest BCUT2D eigenvalue weighted by Gasteiger charge is -2.12. The molecule has 0 unspecified atom stereocenters. The molecule has 4 rings (SSSR count). The Labute approximate surface area is 350 Å². The number of aromatic nitrogens is 2. The van der Waals surface area contributed by atoms with E-state index in [1.165, 1.54) is 0 Å². The average molecular weight is 833 g/mol. The maximum Gasteiger partial charge on any atom is 0.220 e. The third-order valence-electron chi connectivity index (χ3n) is 8.88. The zero-order valence-electron chi connectivity index (χ0n) is 34.3. The summed E-state index contributed by atoms with van der Waals surface area (Å²) < 4.78 is 36.7. The molecular formula is C44H56N4O8S2+2. The summed E-state index contributed by atoms with van der Waals surface area (Å²) in [6.07, 6.45) is 18.6. The van der Waals surface area contributed by atoms with Crippen molar-refractivity contribution in [3.63, 3.8) is 0 Å². The van der Waals surface area contributed by atoms with Gasteiger partial charge < -0.3 is 39.1 Å². The normalized spacial score (nSPS) is 11.1. The van der Waals surface area contributed by atoms with Crippen LogP contribution in [-0.2, 0) is 22.7 Å². The lowest BCUT2D eigenvalue weighted by atomic mass is 10.1. The second kappa shape index (κ2) is 25.1. The van der Waals surface area contributed by atoms with Gasteiger partial charge >= 0.3 is 0 Å². The van der Waals surface area contributed by atoms with E-state index in [0.717, 1.165) is 59.7 Å². The van der Waals surface area contributed by atoms with Gasteiger partial charge in [-0.25, -0.2) is 9.13 Å². The van der Waals surface area contributed by atoms with Gasteiger partial charge in [-0.15, -0.1) is 0 Å². The number of methoxy groups -OCH3 is 6. The predicted molar refractivity (Wildman–Crippen MR) is 233 cm³/mol. The molecule has 0 fully saturated rings. The van der Waals surface area contributed by atoms with Gasteiger partial charge in [-0.05, 0) is 46.5 Å². The van der Waals surface area contributed by atoms with E-state index in [2.05, 4.69) is 19.8 Å². The highest BCUT2D eigenvalue weighted by atomic mass is 33.1. The minimum absolute atomic E-state index is 0.0572. The number of nitrogens with zero attached hydrogens (tertiary/aromatic N) is 2. The van der Waals surface area contributed by atoms with Crippen molar-refractivity contribution in [2.24, 2.45) is 0 Å². The molecule has 0 aliphatic carbocycles. The van der Waals surface area contributed by atoms with Crippen LogP contribution in [0.5, 0.6) is 34.5 Å². The molecule has 310 valence electrons. The molecule has 0 spiro atoms. The maximum absolute atomic E-state index is 12.3. The number of carbonyl (C=O) groups is 2. The van der Waals surface area contributed by atoms with E-state index < -0.39 is 0 Å². The number of rotatable bonds is 25. The zero-order chi connectivity index (χ0) is 41.5. The fourth-order valence-corrected chi connectivity index (χ4v) is 7.65. The molecule has 12 nitrogen and oxygen atoms in total. The number of aryl methyl sites for hydroxylation is 2. The lowest BCUT2D eigenvalue weighted by Crippen LogP contribution is -2.34. The van der Waals surface area contributed by atoms with Gasteiger partial charge in [-0.2, -0.15) is 0 Å². The van der Waals surface area contributed by atoms with E-state index in [1.54, 1.807) is 64.2 Å². The van der Waals surface area contributed by atoms with Crippen LogP contribution in [-0.4, -0.2) is 79.1 Å². The van der Waals surface area contributed by atoms with Crippen molar-refractivity contribution in [2.75, 3.05) is 67.3 Å². The van der Waals surface area contributed by atoms with Gasteiger partial charge in [-0.1, -0.05) is 45.9 Å². The van der Waals surface area contributed by atoms with Crippen LogP contribution in [0.25, 0.3) is 24.3 Å². The van der Waals surface area contributed by atoms with Gasteiger partial charge in [0, 0.05) is 74.5 Å². The fraction of sp³-hybridized carbons (Fsp3) is 0.364. The molecule has 0 saturated heterocycles. The molecule has 14 heteroatoms. The first kappa shape index (κ1) is 45.4. The van der Waals surface area contributed by atoms with E-state index >= 15 is 0 Å². The molecule has 0 saturated carbocycles. The Morgan fingerprint density at radius 3 is 1.16 bits per heavy atom. The van der Waals surface area contributed by atoms with Crippen molar-refractivity contribution in [3.05, 3.63) is 95.6 Å². The van der Waals surface area contributed by atoms with Gasteiger partial charge in [0.1, 0.15) is 13.1 Å². The first-order valence-electron chi connectivity index (χ1n) is 19.0. The maximum atomic E-state index is 12.3. The summed E-state index contributed by atoms with van der Waals surface area (Å²) in [5.74, 6) is 5.28. The molecule has 0 aliphatic heterocycles. The first-order valence-corrected chi connectivity index (χ1v) is 21.5. The number of amides is 2. The van der Waals surface area contributed by atoms with E-state index in [0.29, 0.717) is 60.4 Å². The lowest BCUT2D eigenvalue weighted by molar-refractivity contribution is -0.697. The molecule has 2 heterocycles. The molecule has 0 atom stereocenters. The number of benzene rings is 2. The molecule has 0 aliphatic rings. The summed E-state index contributed by atoms with van der Waals surface area (Å²) in [5.41, 5.74) is 3.96. The number of carbonyl (C=O) groups excluding carboxylic acids is 2. The fourth-order valence-electron chi connectivity index (χ4n) is 5.84. The SMILES string of the molecule is COc1cc(/C=C/c2cc[n+](CCCC(=O)NCCSSCCNC(=O)CCC[n+]3ccc(/C=C/c4cc(OC)c(OC)c(OC)c4)cc3)cc2)cc(OC)c1OC. The highest BCUT2D eigenvalue weighted by Gasteiger charge is 2.14. The van der Waals surface area contributed by atoms with Crippen LogP contribution in [0.3, 0.4) is 0 Å². The van der Waals surface area contributed by atoms with Crippen LogP contribution in [0.15, 0.2) is 73.3 Å². The Kier molecular flexibility index (Phi) is 19.6. The Bertz CT molecular complexity index is 1770. The standard InChI is InChI=1S/C44H54N4O8S2/c1-51-37-29-35(30-38(52-2)43(37)55-5)13-11-33-15-23-47(24-16-33)21-7-9-41(49)45-19-27-57-58-28-20-46-42(50)10-8-22-48-25-17-34(18-26-48)12-14-36-31-39(53-3)44(56-6)40(32-36)54-4/h11-18,23-26,29-32H,7-10,19-22,27-28H2,1-6H3/p+2/b13-11+,14-12+. The highest BCUT2D eigenvalue weighted by molar-refractivity contribution is 8.76. The van der Waals surface area contributed by atoms with Crippen LogP contribution >= 0.6 is 21.6 Å². The van der Waals surface area contributed by atoms with Gasteiger partial charge in [0.25, 0.3) is 0 Å². The summed E-state index contributed by atoms with van der Waals surface area (Å²) in [7, 11) is 13.0. The van der Waals surface area contributed by atoms with Crippen molar-refractivity contribution < 1.29 is 47.1 Å². The van der Waals surface area contributed by atoms with E-state index in [9.17, 15) is 9.59 Å². The Hall–Kier alpha value is -5.34. The first-order chi connectivity index (χ1) is 28.3. The molecule has 58 heavy (non-hydrogen) atoms. The molecule has 0 bridgehead atoms. The minimum Gasteiger partial charge on any atom is -0.493 e. The molecular weight excluding hydrogens is 777 g/mol. The van der Waals surface area contributed by atoms with Crippen LogP contribution in [0.1, 0.15) is 47.9 Å². The van der Waals surface area contributed by atoms with Crippen LogP contribution < -0.4 is 48.2 Å². The van der Waals surface area contributed by atoms with Gasteiger partial charge in [0.05, 0.1) is 42.7 Å². The summed E-state index contributed by atoms with van der Waals surface area (Å²) in [5, 5.41) is 6.00. The minimum atomic E-state index is 0.0572. The third-order valence-corrected chi connectivity index (χ3v) is 11.3. The summed E-state index contributed by atoms with van der Waals surface area (Å²) in [6.45, 7) is 2.74. The molecule has 2 N–H and O–H groups in total. The third kappa shape index (κ3) is 14.9. The Balaban J connectivity index is 1.01. The van der Waals surface area contributed by atoms with Crippen LogP contribution in [0.4, 0.5) is 0 Å². The highest BCUT2D eigenvalue weighted by Crippen LogP contribution is 2.39. The summed E-state index contributed by atoms with van der Waals surface area (Å²) in [4.78, 5) is 24.7. The van der Waals surface area contributed by atoms with Crippen molar-refractivity contribution in [1.29, 1.82) is 0 Å². The number of hydrogen-bond acceptors (Lipinski definition) is 10. The molecule has 2 aromatic heterocycles. The van der Waals surface area contributed by atoms with Gasteiger partial charge in [0.2, 0.25) is 23.3 Å². The quantitative estimate of drug-likeness (QED) is 0.0434. The van der Waals surface area contributed by atoms with Crippen molar-refractivity contribution >= 4 is 57.7 Å². The topological polar surface area (TPSA) is 121 Å². The van der Waals surface area contributed by atoms with Crippen molar-refractivity contribution in [2.45, 2.75) is 38.8 Å². The van der Waals surface area contributed by atoms with Crippen LogP contribution in [0, 0.1) is 0 Å². The Morgan fingerprint density at radius 2 is 0.845 bits per heavy atom. The van der Waals surface area contributed by atoms with E-state index in [1.807, 2.05) is 97.6 Å². The average Bonchev–Trinajstić information content (AvgIpc) is 3.25. The second-order valence-electron chi connectivity index (χ2n) is 12.9. The van der Waals surface area contributed by atoms with Gasteiger partial charge in [0.15, 0.2) is 47.8 Å². The molecule has 0 radical (unpaired) electrons.